The van der Waals surface area contributed by atoms with Crippen molar-refractivity contribution < 1.29 is 4.74 Å². The minimum Gasteiger partial charge on any atom is -0.381 e. The molecule has 1 aliphatic rings. The van der Waals surface area contributed by atoms with Crippen molar-refractivity contribution in [1.82, 2.24) is 5.32 Å². The van der Waals surface area contributed by atoms with Crippen molar-refractivity contribution in [3.8, 4) is 0 Å². The molecule has 1 aliphatic heterocycles. The van der Waals surface area contributed by atoms with Crippen molar-refractivity contribution in [2.24, 2.45) is 0 Å². The summed E-state index contributed by atoms with van der Waals surface area (Å²) >= 11 is 0. The van der Waals surface area contributed by atoms with Crippen LogP contribution in [0.25, 0.3) is 0 Å². The predicted octanol–water partition coefficient (Wildman–Crippen LogP) is 2.89. The summed E-state index contributed by atoms with van der Waals surface area (Å²) in [5.74, 6) is 0. The van der Waals surface area contributed by atoms with Gasteiger partial charge in [0.1, 0.15) is 0 Å². The van der Waals surface area contributed by atoms with Gasteiger partial charge in [0.2, 0.25) is 0 Å². The Morgan fingerprint density at radius 3 is 2.67 bits per heavy atom. The summed E-state index contributed by atoms with van der Waals surface area (Å²) in [5, 5.41) is 3.79. The lowest BCUT2D eigenvalue weighted by Crippen LogP contribution is -2.51. The topological polar surface area (TPSA) is 21.3 Å². The van der Waals surface area contributed by atoms with Gasteiger partial charge in [0.05, 0.1) is 0 Å². The van der Waals surface area contributed by atoms with Crippen LogP contribution in [-0.2, 0) is 4.74 Å². The van der Waals surface area contributed by atoms with Crippen LogP contribution in [0, 0.1) is 0 Å². The van der Waals surface area contributed by atoms with E-state index >= 15 is 0 Å². The van der Waals surface area contributed by atoms with Crippen molar-refractivity contribution in [3.63, 3.8) is 0 Å². The van der Waals surface area contributed by atoms with E-state index in [0.717, 1.165) is 32.5 Å². The van der Waals surface area contributed by atoms with E-state index < -0.39 is 0 Å². The highest BCUT2D eigenvalue weighted by Crippen LogP contribution is 2.21. The van der Waals surface area contributed by atoms with Gasteiger partial charge in [-0.2, -0.15) is 0 Å². The Labute approximate surface area is 94.1 Å². The monoisotopic (exact) mass is 211 g/mol. The number of nitrogens with one attached hydrogen (secondary N) is 1. The fourth-order valence-corrected chi connectivity index (χ4v) is 2.16. The first-order chi connectivity index (χ1) is 7.20. The van der Waals surface area contributed by atoms with Gasteiger partial charge in [-0.15, -0.1) is 6.58 Å². The van der Waals surface area contributed by atoms with Crippen LogP contribution in [0.15, 0.2) is 12.7 Å². The fourth-order valence-electron chi connectivity index (χ4n) is 2.16. The highest BCUT2D eigenvalue weighted by molar-refractivity contribution is 4.88. The molecule has 1 N–H and O–H groups in total. The maximum Gasteiger partial charge on any atom is 0.0483 e. The molecule has 0 aromatic rings. The summed E-state index contributed by atoms with van der Waals surface area (Å²) in [6, 6.07) is 0.631. The Hall–Kier alpha value is -0.340. The molecule has 1 saturated heterocycles. The van der Waals surface area contributed by atoms with Gasteiger partial charge in [-0.1, -0.05) is 13.0 Å². The lowest BCUT2D eigenvalue weighted by molar-refractivity contribution is 0.0398. The third kappa shape index (κ3) is 4.35. The normalized spacial score (nSPS) is 22.3. The number of rotatable bonds is 6. The van der Waals surface area contributed by atoms with Crippen molar-refractivity contribution in [3.05, 3.63) is 12.7 Å². The molecular weight excluding hydrogens is 186 g/mol. The second-order valence-corrected chi connectivity index (χ2v) is 4.79. The molecule has 0 saturated carbocycles. The van der Waals surface area contributed by atoms with Gasteiger partial charge in [-0.05, 0) is 39.0 Å². The van der Waals surface area contributed by atoms with E-state index in [2.05, 4.69) is 25.7 Å². The molecule has 0 bridgehead atoms. The molecule has 2 nitrogen and oxygen atoms in total. The number of hydrogen-bond acceptors (Lipinski definition) is 2. The van der Waals surface area contributed by atoms with Gasteiger partial charge in [0, 0.05) is 24.8 Å². The Kier molecular flexibility index (Phi) is 5.34. The first-order valence-electron chi connectivity index (χ1n) is 6.16. The smallest absolute Gasteiger partial charge is 0.0483 e. The summed E-state index contributed by atoms with van der Waals surface area (Å²) in [7, 11) is 0. The molecule has 0 spiro atoms. The molecule has 0 aromatic heterocycles. The van der Waals surface area contributed by atoms with E-state index in [0.29, 0.717) is 11.6 Å². The van der Waals surface area contributed by atoms with Crippen LogP contribution in [0.4, 0.5) is 0 Å². The number of allylic oxidation sites excluding steroid dienone is 1. The third-order valence-electron chi connectivity index (χ3n) is 3.36. The second kappa shape index (κ2) is 6.29. The van der Waals surface area contributed by atoms with Crippen molar-refractivity contribution in [2.45, 2.75) is 57.5 Å². The molecule has 15 heavy (non-hydrogen) atoms. The quantitative estimate of drug-likeness (QED) is 0.682. The average Bonchev–Trinajstić information content (AvgIpc) is 2.25. The standard InChI is InChI=1S/C13H25NO/c1-4-6-7-12(5-2)14-13(3)8-10-15-11-9-13/h4,12,14H,1,5-11H2,2-3H3. The molecule has 88 valence electrons. The first-order valence-corrected chi connectivity index (χ1v) is 6.16. The van der Waals surface area contributed by atoms with Crippen LogP contribution in [0.5, 0.6) is 0 Å². The largest absolute Gasteiger partial charge is 0.381 e. The Morgan fingerprint density at radius 2 is 2.13 bits per heavy atom. The zero-order chi connectivity index (χ0) is 11.1. The summed E-state index contributed by atoms with van der Waals surface area (Å²) in [6.07, 6.45) is 7.80. The molecule has 0 radical (unpaired) electrons. The summed E-state index contributed by atoms with van der Waals surface area (Å²) in [6.45, 7) is 10.2. The lowest BCUT2D eigenvalue weighted by Gasteiger charge is -2.38. The molecule has 1 fully saturated rings. The zero-order valence-electron chi connectivity index (χ0n) is 10.2. The number of ether oxygens (including phenoxy) is 1. The molecule has 1 unspecified atom stereocenters. The minimum atomic E-state index is 0.292. The highest BCUT2D eigenvalue weighted by atomic mass is 16.5. The molecule has 0 aromatic carbocycles. The second-order valence-electron chi connectivity index (χ2n) is 4.79. The third-order valence-corrected chi connectivity index (χ3v) is 3.36. The van der Waals surface area contributed by atoms with E-state index in [4.69, 9.17) is 4.74 Å². The summed E-state index contributed by atoms with van der Waals surface area (Å²) < 4.78 is 5.41. The zero-order valence-corrected chi connectivity index (χ0v) is 10.2. The van der Waals surface area contributed by atoms with Gasteiger partial charge in [-0.25, -0.2) is 0 Å². The van der Waals surface area contributed by atoms with Crippen LogP contribution < -0.4 is 5.32 Å². The molecule has 2 heteroatoms. The SMILES string of the molecule is C=CCCC(CC)NC1(C)CCOCC1. The maximum atomic E-state index is 5.41. The van der Waals surface area contributed by atoms with E-state index in [1.54, 1.807) is 0 Å². The molecule has 1 rings (SSSR count). The van der Waals surface area contributed by atoms with Crippen LogP contribution in [-0.4, -0.2) is 24.8 Å². The first kappa shape index (κ1) is 12.7. The summed E-state index contributed by atoms with van der Waals surface area (Å²) in [4.78, 5) is 0. The van der Waals surface area contributed by atoms with Crippen LogP contribution in [0.1, 0.15) is 46.0 Å². The summed E-state index contributed by atoms with van der Waals surface area (Å²) in [5.41, 5.74) is 0.292. The van der Waals surface area contributed by atoms with Crippen LogP contribution >= 0.6 is 0 Å². The molecule has 0 amide bonds. The molecule has 0 aliphatic carbocycles. The van der Waals surface area contributed by atoms with Crippen molar-refractivity contribution in [1.29, 1.82) is 0 Å². The van der Waals surface area contributed by atoms with Crippen LogP contribution in [0.2, 0.25) is 0 Å². The predicted molar refractivity (Wildman–Crippen MR) is 65.1 cm³/mol. The van der Waals surface area contributed by atoms with Gasteiger partial charge in [0.15, 0.2) is 0 Å². The molecule has 1 atom stereocenters. The Balaban J connectivity index is 2.37. The van der Waals surface area contributed by atoms with E-state index in [1.807, 2.05) is 6.08 Å². The fraction of sp³-hybridized carbons (Fsp3) is 0.846. The van der Waals surface area contributed by atoms with Gasteiger partial charge < -0.3 is 10.1 Å². The van der Waals surface area contributed by atoms with Crippen molar-refractivity contribution in [2.75, 3.05) is 13.2 Å². The number of hydrogen-bond donors (Lipinski definition) is 1. The van der Waals surface area contributed by atoms with E-state index in [-0.39, 0.29) is 0 Å². The van der Waals surface area contributed by atoms with Gasteiger partial charge in [-0.3, -0.25) is 0 Å². The average molecular weight is 211 g/mol. The van der Waals surface area contributed by atoms with Crippen molar-refractivity contribution >= 4 is 0 Å². The van der Waals surface area contributed by atoms with Crippen LogP contribution in [0.3, 0.4) is 0 Å². The molecular formula is C13H25NO. The maximum absolute atomic E-state index is 5.41. The highest BCUT2D eigenvalue weighted by Gasteiger charge is 2.28. The minimum absolute atomic E-state index is 0.292. The van der Waals surface area contributed by atoms with Gasteiger partial charge in [0.25, 0.3) is 0 Å². The molecule has 1 heterocycles. The van der Waals surface area contributed by atoms with E-state index in [1.165, 1.54) is 12.8 Å². The van der Waals surface area contributed by atoms with E-state index in [9.17, 15) is 0 Å². The lowest BCUT2D eigenvalue weighted by atomic mass is 9.90. The van der Waals surface area contributed by atoms with Gasteiger partial charge >= 0.3 is 0 Å². The Bertz CT molecular complexity index is 185. The Morgan fingerprint density at radius 1 is 1.47 bits per heavy atom.